The molecule has 0 aliphatic heterocycles. The van der Waals surface area contributed by atoms with Crippen molar-refractivity contribution in [2.75, 3.05) is 19.0 Å². The van der Waals surface area contributed by atoms with E-state index in [1.807, 2.05) is 55.4 Å². The zero-order valence-corrected chi connectivity index (χ0v) is 14.4. The van der Waals surface area contributed by atoms with Crippen LogP contribution in [0.15, 0.2) is 59.1 Å². The number of nitrogens with zero attached hydrogens (tertiary/aromatic N) is 4. The first-order valence-corrected chi connectivity index (χ1v) is 8.10. The van der Waals surface area contributed by atoms with Gasteiger partial charge < -0.3 is 9.42 Å². The smallest absolute Gasteiger partial charge is 0.258 e. The van der Waals surface area contributed by atoms with Gasteiger partial charge in [-0.1, -0.05) is 41.6 Å². The molecule has 0 atom stereocenters. The molecule has 0 saturated heterocycles. The lowest BCUT2D eigenvalue weighted by Gasteiger charge is -2.16. The average Bonchev–Trinajstić information content (AvgIpc) is 3.12. The lowest BCUT2D eigenvalue weighted by atomic mass is 10.1. The van der Waals surface area contributed by atoms with Gasteiger partial charge in [-0.15, -0.1) is 0 Å². The van der Waals surface area contributed by atoms with Crippen LogP contribution in [0.5, 0.6) is 0 Å². The first-order chi connectivity index (χ1) is 12.1. The van der Waals surface area contributed by atoms with Crippen molar-refractivity contribution < 1.29 is 4.52 Å². The lowest BCUT2D eigenvalue weighted by molar-refractivity contribution is 0.432. The second-order valence-electron chi connectivity index (χ2n) is 6.19. The molecule has 0 saturated carbocycles. The van der Waals surface area contributed by atoms with E-state index in [1.54, 1.807) is 0 Å². The van der Waals surface area contributed by atoms with Gasteiger partial charge in [0.1, 0.15) is 5.82 Å². The molecule has 0 spiro atoms. The minimum atomic E-state index is 0.504. The molecule has 4 aromatic rings. The monoisotopic (exact) mass is 330 g/mol. The highest BCUT2D eigenvalue weighted by Crippen LogP contribution is 2.32. The standard InChI is InChI=1S/C20H18N4O/c1-13-8-7-11-15-12-16(19(24(2)3)21-17(13)15)18-22-20(25-23-18)14-9-5-4-6-10-14/h4-12H,1-3H3. The number of hydrogen-bond acceptors (Lipinski definition) is 5. The van der Waals surface area contributed by atoms with Gasteiger partial charge in [-0.25, -0.2) is 4.98 Å². The van der Waals surface area contributed by atoms with E-state index in [0.717, 1.165) is 33.4 Å². The summed E-state index contributed by atoms with van der Waals surface area (Å²) in [6.45, 7) is 2.07. The van der Waals surface area contributed by atoms with Crippen molar-refractivity contribution in [3.05, 3.63) is 60.2 Å². The molecule has 0 bridgehead atoms. The second kappa shape index (κ2) is 6.02. The Morgan fingerprint density at radius 3 is 2.48 bits per heavy atom. The zero-order valence-electron chi connectivity index (χ0n) is 14.4. The van der Waals surface area contributed by atoms with Gasteiger partial charge in [0.2, 0.25) is 5.82 Å². The molecule has 2 aromatic heterocycles. The van der Waals surface area contributed by atoms with E-state index in [2.05, 4.69) is 35.3 Å². The highest BCUT2D eigenvalue weighted by Gasteiger charge is 2.17. The SMILES string of the molecule is Cc1cccc2cc(-c3noc(-c4ccccc4)n3)c(N(C)C)nc12. The quantitative estimate of drug-likeness (QED) is 0.560. The minimum Gasteiger partial charge on any atom is -0.362 e. The van der Waals surface area contributed by atoms with Gasteiger partial charge in [0.05, 0.1) is 11.1 Å². The predicted octanol–water partition coefficient (Wildman–Crippen LogP) is 4.33. The molecular weight excluding hydrogens is 312 g/mol. The number of anilines is 1. The highest BCUT2D eigenvalue weighted by molar-refractivity contribution is 5.90. The van der Waals surface area contributed by atoms with E-state index >= 15 is 0 Å². The van der Waals surface area contributed by atoms with Crippen molar-refractivity contribution in [3.63, 3.8) is 0 Å². The van der Waals surface area contributed by atoms with Crippen LogP contribution in [0.4, 0.5) is 5.82 Å². The van der Waals surface area contributed by atoms with Crippen LogP contribution < -0.4 is 4.90 Å². The molecule has 25 heavy (non-hydrogen) atoms. The Labute approximate surface area is 145 Å². The van der Waals surface area contributed by atoms with Crippen LogP contribution in [-0.2, 0) is 0 Å². The number of para-hydroxylation sites is 1. The van der Waals surface area contributed by atoms with Crippen LogP contribution in [-0.4, -0.2) is 29.2 Å². The molecule has 0 amide bonds. The van der Waals surface area contributed by atoms with Crippen molar-refractivity contribution >= 4 is 16.7 Å². The first-order valence-electron chi connectivity index (χ1n) is 8.10. The summed E-state index contributed by atoms with van der Waals surface area (Å²) < 4.78 is 5.47. The van der Waals surface area contributed by atoms with Crippen LogP contribution in [0.3, 0.4) is 0 Å². The van der Waals surface area contributed by atoms with Crippen LogP contribution in [0.2, 0.25) is 0 Å². The normalized spacial score (nSPS) is 11.0. The van der Waals surface area contributed by atoms with Crippen molar-refractivity contribution in [3.8, 4) is 22.8 Å². The van der Waals surface area contributed by atoms with Gasteiger partial charge >= 0.3 is 0 Å². The maximum Gasteiger partial charge on any atom is 0.258 e. The van der Waals surface area contributed by atoms with E-state index in [1.165, 1.54) is 0 Å². The lowest BCUT2D eigenvalue weighted by Crippen LogP contribution is -2.12. The fourth-order valence-corrected chi connectivity index (χ4v) is 2.87. The summed E-state index contributed by atoms with van der Waals surface area (Å²) in [5.74, 6) is 1.87. The largest absolute Gasteiger partial charge is 0.362 e. The summed E-state index contributed by atoms with van der Waals surface area (Å²) in [6, 6.07) is 18.0. The molecule has 0 radical (unpaired) electrons. The van der Waals surface area contributed by atoms with Gasteiger partial charge in [0.15, 0.2) is 0 Å². The van der Waals surface area contributed by atoms with E-state index in [4.69, 9.17) is 9.51 Å². The van der Waals surface area contributed by atoms with E-state index < -0.39 is 0 Å². The zero-order chi connectivity index (χ0) is 17.4. The summed E-state index contributed by atoms with van der Waals surface area (Å²) in [6.07, 6.45) is 0. The number of benzene rings is 2. The van der Waals surface area contributed by atoms with Gasteiger partial charge in [-0.2, -0.15) is 4.98 Å². The fourth-order valence-electron chi connectivity index (χ4n) is 2.87. The molecule has 0 aliphatic rings. The number of aryl methyl sites for hydroxylation is 1. The number of hydrogen-bond donors (Lipinski definition) is 0. The maximum atomic E-state index is 5.47. The summed E-state index contributed by atoms with van der Waals surface area (Å²) in [4.78, 5) is 11.4. The van der Waals surface area contributed by atoms with Gasteiger partial charge in [-0.3, -0.25) is 0 Å². The molecular formula is C20H18N4O. The average molecular weight is 330 g/mol. The second-order valence-corrected chi connectivity index (χ2v) is 6.19. The first kappa shape index (κ1) is 15.3. The Kier molecular flexibility index (Phi) is 3.69. The van der Waals surface area contributed by atoms with Gasteiger partial charge in [0.25, 0.3) is 5.89 Å². The maximum absolute atomic E-state index is 5.47. The van der Waals surface area contributed by atoms with E-state index in [9.17, 15) is 0 Å². The van der Waals surface area contributed by atoms with E-state index in [-0.39, 0.29) is 0 Å². The molecule has 5 nitrogen and oxygen atoms in total. The summed E-state index contributed by atoms with van der Waals surface area (Å²) in [5, 5.41) is 5.24. The number of rotatable bonds is 3. The third-order valence-corrected chi connectivity index (χ3v) is 4.14. The Bertz CT molecular complexity index is 1040. The van der Waals surface area contributed by atoms with Crippen LogP contribution >= 0.6 is 0 Å². The molecule has 0 unspecified atom stereocenters. The third-order valence-electron chi connectivity index (χ3n) is 4.14. The van der Waals surface area contributed by atoms with Crippen molar-refractivity contribution in [1.29, 1.82) is 0 Å². The number of fused-ring (bicyclic) bond motifs is 1. The molecule has 0 N–H and O–H groups in total. The van der Waals surface area contributed by atoms with Gasteiger partial charge in [-0.05, 0) is 30.7 Å². The fraction of sp³-hybridized carbons (Fsp3) is 0.150. The topological polar surface area (TPSA) is 55.1 Å². The summed E-state index contributed by atoms with van der Waals surface area (Å²) >= 11 is 0. The molecule has 2 aromatic carbocycles. The van der Waals surface area contributed by atoms with Crippen LogP contribution in [0, 0.1) is 6.92 Å². The van der Waals surface area contributed by atoms with Crippen molar-refractivity contribution in [2.24, 2.45) is 0 Å². The summed E-state index contributed by atoms with van der Waals surface area (Å²) in [5.41, 5.74) is 3.89. The Balaban J connectivity index is 1.89. The minimum absolute atomic E-state index is 0.504. The summed E-state index contributed by atoms with van der Waals surface area (Å²) in [7, 11) is 3.93. The number of pyridine rings is 1. The Morgan fingerprint density at radius 2 is 1.72 bits per heavy atom. The van der Waals surface area contributed by atoms with E-state index in [0.29, 0.717) is 11.7 Å². The number of aromatic nitrogens is 3. The van der Waals surface area contributed by atoms with Crippen LogP contribution in [0.1, 0.15) is 5.56 Å². The molecule has 4 rings (SSSR count). The van der Waals surface area contributed by atoms with Crippen molar-refractivity contribution in [2.45, 2.75) is 6.92 Å². The van der Waals surface area contributed by atoms with Gasteiger partial charge in [0, 0.05) is 25.0 Å². The third kappa shape index (κ3) is 2.74. The predicted molar refractivity (Wildman–Crippen MR) is 99.5 cm³/mol. The molecule has 5 heteroatoms. The van der Waals surface area contributed by atoms with Crippen LogP contribution in [0.25, 0.3) is 33.7 Å². The molecule has 0 fully saturated rings. The van der Waals surface area contributed by atoms with Crippen molar-refractivity contribution in [1.82, 2.24) is 15.1 Å². The Morgan fingerprint density at radius 1 is 0.920 bits per heavy atom. The molecule has 0 aliphatic carbocycles. The molecule has 2 heterocycles. The highest BCUT2D eigenvalue weighted by atomic mass is 16.5. The molecule has 124 valence electrons. The Hall–Kier alpha value is -3.21.